The number of carbonyl (C=O) groups is 1. The fourth-order valence-corrected chi connectivity index (χ4v) is 1.66. The highest BCUT2D eigenvalue weighted by Crippen LogP contribution is 2.13. The number of aromatic nitrogens is 3. The molecule has 0 aliphatic rings. The van der Waals surface area contributed by atoms with Gasteiger partial charge in [-0.05, 0) is 30.6 Å². The molecular weight excluding hydrogens is 226 g/mol. The number of hydrogen-bond acceptors (Lipinski definition) is 6. The smallest absolute Gasteiger partial charge is 0.269 e. The normalized spacial score (nSPS) is 10.1. The van der Waals surface area contributed by atoms with Crippen molar-refractivity contribution in [2.24, 2.45) is 0 Å². The Balaban J connectivity index is 2.14. The van der Waals surface area contributed by atoms with Gasteiger partial charge in [0.05, 0.1) is 17.6 Å². The highest BCUT2D eigenvalue weighted by molar-refractivity contribution is 7.08. The molecule has 0 aliphatic heterocycles. The summed E-state index contributed by atoms with van der Waals surface area (Å²) < 4.78 is 3.69. The molecule has 7 heteroatoms. The topological polar surface area (TPSA) is 93.8 Å². The van der Waals surface area contributed by atoms with Gasteiger partial charge in [0.1, 0.15) is 10.7 Å². The van der Waals surface area contributed by atoms with Crippen LogP contribution in [-0.2, 0) is 0 Å². The average molecular weight is 235 g/mol. The molecule has 16 heavy (non-hydrogen) atoms. The molecule has 0 fully saturated rings. The van der Waals surface area contributed by atoms with Gasteiger partial charge < -0.3 is 11.1 Å². The zero-order valence-corrected chi connectivity index (χ0v) is 9.28. The van der Waals surface area contributed by atoms with E-state index >= 15 is 0 Å². The fourth-order valence-electron chi connectivity index (χ4n) is 1.11. The summed E-state index contributed by atoms with van der Waals surface area (Å²) in [6.07, 6.45) is 1.50. The predicted octanol–water partition coefficient (Wildman–Crippen LogP) is 1.08. The number of nitrogens with one attached hydrogen (secondary N) is 1. The number of carbonyl (C=O) groups excluding carboxylic acids is 1. The van der Waals surface area contributed by atoms with Gasteiger partial charge >= 0.3 is 0 Å². The second kappa shape index (κ2) is 4.23. The van der Waals surface area contributed by atoms with Crippen molar-refractivity contribution in [3.05, 3.63) is 28.9 Å². The number of hydrogen-bond donors (Lipinski definition) is 2. The molecule has 0 saturated heterocycles. The van der Waals surface area contributed by atoms with Crippen molar-refractivity contribution in [3.63, 3.8) is 0 Å². The molecule has 3 N–H and O–H groups in total. The van der Waals surface area contributed by atoms with Gasteiger partial charge in [0.25, 0.3) is 5.91 Å². The summed E-state index contributed by atoms with van der Waals surface area (Å²) in [7, 11) is 0. The van der Waals surface area contributed by atoms with E-state index in [2.05, 4.69) is 19.9 Å². The quantitative estimate of drug-likeness (QED) is 0.812. The molecule has 2 heterocycles. The molecule has 0 radical (unpaired) electrons. The van der Waals surface area contributed by atoms with Crippen LogP contribution in [0.25, 0.3) is 0 Å². The first-order valence-electron chi connectivity index (χ1n) is 4.48. The zero-order valence-electron chi connectivity index (χ0n) is 8.47. The molecule has 0 unspecified atom stereocenters. The largest absolute Gasteiger partial charge is 0.384 e. The Morgan fingerprint density at radius 3 is 2.88 bits per heavy atom. The lowest BCUT2D eigenvalue weighted by Gasteiger charge is -2.02. The minimum atomic E-state index is -0.237. The van der Waals surface area contributed by atoms with E-state index in [1.54, 1.807) is 19.1 Å². The number of nitrogens with two attached hydrogens (primary N) is 1. The Morgan fingerprint density at radius 2 is 2.31 bits per heavy atom. The van der Waals surface area contributed by atoms with Crippen molar-refractivity contribution in [2.75, 3.05) is 11.1 Å². The summed E-state index contributed by atoms with van der Waals surface area (Å²) in [6, 6.07) is 3.30. The molecular formula is C9H9N5OS. The van der Waals surface area contributed by atoms with Crippen LogP contribution >= 0.6 is 11.5 Å². The molecule has 0 bridgehead atoms. The molecule has 2 aromatic rings. The average Bonchev–Trinajstić information content (AvgIpc) is 2.68. The molecule has 1 amide bonds. The number of pyridine rings is 1. The third-order valence-electron chi connectivity index (χ3n) is 1.90. The van der Waals surface area contributed by atoms with Gasteiger partial charge in [0, 0.05) is 0 Å². The number of aryl methyl sites for hydroxylation is 1. The van der Waals surface area contributed by atoms with Crippen LogP contribution in [0.3, 0.4) is 0 Å². The van der Waals surface area contributed by atoms with Crippen LogP contribution in [0.1, 0.15) is 15.4 Å². The van der Waals surface area contributed by atoms with E-state index in [0.717, 1.165) is 11.5 Å². The van der Waals surface area contributed by atoms with Gasteiger partial charge in [-0.15, -0.1) is 5.10 Å². The third kappa shape index (κ3) is 2.14. The van der Waals surface area contributed by atoms with Crippen LogP contribution in [0.4, 0.5) is 11.5 Å². The highest BCUT2D eigenvalue weighted by Gasteiger charge is 2.12. The van der Waals surface area contributed by atoms with Crippen molar-refractivity contribution in [2.45, 2.75) is 6.92 Å². The molecule has 0 aliphatic carbocycles. The summed E-state index contributed by atoms with van der Waals surface area (Å²) in [5, 5.41) is 6.45. The zero-order chi connectivity index (χ0) is 11.5. The molecule has 6 nitrogen and oxygen atoms in total. The summed E-state index contributed by atoms with van der Waals surface area (Å²) in [4.78, 5) is 16.1. The van der Waals surface area contributed by atoms with Gasteiger partial charge in [0.2, 0.25) is 0 Å². The lowest BCUT2D eigenvalue weighted by molar-refractivity contribution is 0.103. The van der Waals surface area contributed by atoms with Crippen LogP contribution in [0.5, 0.6) is 0 Å². The molecule has 2 aromatic heterocycles. The Morgan fingerprint density at radius 1 is 1.50 bits per heavy atom. The number of rotatable bonds is 2. The standard InChI is InChI=1S/C9H9N5OS/c1-5-8(16-14-13-5)9(15)12-6-2-3-7(10)11-4-6/h2-4H,1H3,(H2,10,11)(H,12,15). The maximum atomic E-state index is 11.7. The highest BCUT2D eigenvalue weighted by atomic mass is 32.1. The van der Waals surface area contributed by atoms with E-state index in [9.17, 15) is 4.79 Å². The fraction of sp³-hybridized carbons (Fsp3) is 0.111. The van der Waals surface area contributed by atoms with Crippen LogP contribution < -0.4 is 11.1 Å². The SMILES string of the molecule is Cc1nnsc1C(=O)Nc1ccc(N)nc1. The van der Waals surface area contributed by atoms with Crippen LogP contribution in [-0.4, -0.2) is 20.5 Å². The lowest BCUT2D eigenvalue weighted by atomic mass is 10.3. The molecule has 0 saturated carbocycles. The number of amides is 1. The maximum Gasteiger partial charge on any atom is 0.269 e. The molecule has 2 rings (SSSR count). The van der Waals surface area contributed by atoms with Gasteiger partial charge in [-0.25, -0.2) is 4.98 Å². The van der Waals surface area contributed by atoms with Crippen molar-refractivity contribution < 1.29 is 4.79 Å². The van der Waals surface area contributed by atoms with Crippen LogP contribution in [0.2, 0.25) is 0 Å². The molecule has 0 atom stereocenters. The Hall–Kier alpha value is -2.02. The molecule has 0 spiro atoms. The van der Waals surface area contributed by atoms with Crippen molar-refractivity contribution in [1.29, 1.82) is 0 Å². The van der Waals surface area contributed by atoms with Gasteiger partial charge in [-0.1, -0.05) is 4.49 Å². The van der Waals surface area contributed by atoms with E-state index in [4.69, 9.17) is 5.73 Å². The van der Waals surface area contributed by atoms with E-state index in [1.807, 2.05) is 0 Å². The minimum Gasteiger partial charge on any atom is -0.384 e. The monoisotopic (exact) mass is 235 g/mol. The van der Waals surface area contributed by atoms with Crippen molar-refractivity contribution >= 4 is 28.9 Å². The molecule has 82 valence electrons. The Labute approximate surface area is 95.7 Å². The van der Waals surface area contributed by atoms with E-state index in [-0.39, 0.29) is 5.91 Å². The number of anilines is 2. The number of nitrogens with zero attached hydrogens (tertiary/aromatic N) is 3. The van der Waals surface area contributed by atoms with E-state index in [0.29, 0.717) is 22.1 Å². The van der Waals surface area contributed by atoms with Crippen LogP contribution in [0, 0.1) is 6.92 Å². The third-order valence-corrected chi connectivity index (χ3v) is 2.73. The first-order valence-corrected chi connectivity index (χ1v) is 5.26. The maximum absolute atomic E-state index is 11.7. The van der Waals surface area contributed by atoms with E-state index in [1.165, 1.54) is 6.20 Å². The van der Waals surface area contributed by atoms with Gasteiger partial charge in [0.15, 0.2) is 0 Å². The number of nitrogen functional groups attached to an aromatic ring is 1. The summed E-state index contributed by atoms with van der Waals surface area (Å²) in [6.45, 7) is 1.74. The summed E-state index contributed by atoms with van der Waals surface area (Å²) in [5.41, 5.74) is 6.64. The molecule has 0 aromatic carbocycles. The minimum absolute atomic E-state index is 0.237. The van der Waals surface area contributed by atoms with Gasteiger partial charge in [-0.3, -0.25) is 4.79 Å². The Kier molecular flexibility index (Phi) is 2.78. The first kappa shape index (κ1) is 10.5. The lowest BCUT2D eigenvalue weighted by Crippen LogP contribution is -2.11. The second-order valence-corrected chi connectivity index (χ2v) is 3.87. The predicted molar refractivity (Wildman–Crippen MR) is 61.2 cm³/mol. The summed E-state index contributed by atoms with van der Waals surface area (Å²) >= 11 is 1.06. The second-order valence-electron chi connectivity index (χ2n) is 3.11. The van der Waals surface area contributed by atoms with Crippen LogP contribution in [0.15, 0.2) is 18.3 Å². The summed E-state index contributed by atoms with van der Waals surface area (Å²) in [5.74, 6) is 0.174. The Bertz CT molecular complexity index is 507. The van der Waals surface area contributed by atoms with Crippen molar-refractivity contribution in [1.82, 2.24) is 14.6 Å². The van der Waals surface area contributed by atoms with Gasteiger partial charge in [-0.2, -0.15) is 0 Å². The van der Waals surface area contributed by atoms with Crippen molar-refractivity contribution in [3.8, 4) is 0 Å². The van der Waals surface area contributed by atoms with E-state index < -0.39 is 0 Å². The first-order chi connectivity index (χ1) is 7.66.